The topological polar surface area (TPSA) is 42.7 Å². The first kappa shape index (κ1) is 9.67. The quantitative estimate of drug-likeness (QED) is 0.601. The van der Waals surface area contributed by atoms with Gasteiger partial charge in [-0.2, -0.15) is 0 Å². The maximum Gasteiger partial charge on any atom is 0.0964 e. The maximum absolute atomic E-state index is 3.95. The summed E-state index contributed by atoms with van der Waals surface area (Å²) in [6, 6.07) is 0. The zero-order valence-corrected chi connectivity index (χ0v) is 8.71. The molecule has 68 valence electrons. The smallest absolute Gasteiger partial charge is 0.0964 e. The molecule has 0 bridgehead atoms. The van der Waals surface area contributed by atoms with Crippen molar-refractivity contribution in [2.75, 3.05) is 11.9 Å². The fourth-order valence-corrected chi connectivity index (χ4v) is 1.16. The Morgan fingerprint density at radius 1 is 1.67 bits per heavy atom. The van der Waals surface area contributed by atoms with E-state index in [1.54, 1.807) is 4.68 Å². The van der Waals surface area contributed by atoms with Crippen molar-refractivity contribution in [3.8, 4) is 0 Å². The van der Waals surface area contributed by atoms with E-state index in [4.69, 9.17) is 0 Å². The monoisotopic (exact) mass is 232 g/mol. The van der Waals surface area contributed by atoms with E-state index in [0.717, 1.165) is 30.5 Å². The van der Waals surface area contributed by atoms with E-state index in [1.165, 1.54) is 0 Å². The minimum atomic E-state index is 0.806. The SMILES string of the molecule is Cn1cc(CNCCCBr)nn1. The third kappa shape index (κ3) is 3.32. The Bertz CT molecular complexity index is 223. The number of nitrogens with zero attached hydrogens (tertiary/aromatic N) is 3. The van der Waals surface area contributed by atoms with E-state index in [2.05, 4.69) is 31.6 Å². The lowest BCUT2D eigenvalue weighted by atomic mass is 10.4. The average Bonchev–Trinajstić information content (AvgIpc) is 2.45. The molecular formula is C7H13BrN4. The number of hydrogen-bond donors (Lipinski definition) is 1. The highest BCUT2D eigenvalue weighted by atomic mass is 79.9. The lowest BCUT2D eigenvalue weighted by Crippen LogP contribution is -2.15. The molecule has 0 fully saturated rings. The Morgan fingerprint density at radius 2 is 2.50 bits per heavy atom. The largest absolute Gasteiger partial charge is 0.311 e. The molecule has 0 aromatic carbocycles. The summed E-state index contributed by atoms with van der Waals surface area (Å²) in [4.78, 5) is 0. The molecule has 1 aromatic rings. The zero-order chi connectivity index (χ0) is 8.81. The van der Waals surface area contributed by atoms with E-state index in [9.17, 15) is 0 Å². The molecule has 0 aliphatic heterocycles. The van der Waals surface area contributed by atoms with Crippen molar-refractivity contribution in [1.29, 1.82) is 0 Å². The highest BCUT2D eigenvalue weighted by molar-refractivity contribution is 9.09. The Hall–Kier alpha value is -0.420. The van der Waals surface area contributed by atoms with Gasteiger partial charge in [0.15, 0.2) is 0 Å². The molecule has 1 N–H and O–H groups in total. The van der Waals surface area contributed by atoms with Gasteiger partial charge in [-0.25, -0.2) is 0 Å². The highest BCUT2D eigenvalue weighted by Crippen LogP contribution is 1.90. The fourth-order valence-electron chi connectivity index (χ4n) is 0.885. The molecule has 0 unspecified atom stereocenters. The van der Waals surface area contributed by atoms with Crippen LogP contribution in [0.5, 0.6) is 0 Å². The van der Waals surface area contributed by atoms with Gasteiger partial charge < -0.3 is 5.32 Å². The van der Waals surface area contributed by atoms with Crippen LogP contribution in [0.4, 0.5) is 0 Å². The van der Waals surface area contributed by atoms with Gasteiger partial charge in [-0.1, -0.05) is 21.1 Å². The molecule has 0 aliphatic carbocycles. The van der Waals surface area contributed by atoms with Crippen molar-refractivity contribution in [1.82, 2.24) is 20.3 Å². The van der Waals surface area contributed by atoms with Gasteiger partial charge in [0, 0.05) is 25.1 Å². The van der Waals surface area contributed by atoms with Gasteiger partial charge in [-0.05, 0) is 13.0 Å². The van der Waals surface area contributed by atoms with E-state index in [0.29, 0.717) is 0 Å². The summed E-state index contributed by atoms with van der Waals surface area (Å²) in [5.41, 5.74) is 0.993. The van der Waals surface area contributed by atoms with Gasteiger partial charge in [0.2, 0.25) is 0 Å². The van der Waals surface area contributed by atoms with E-state index in [-0.39, 0.29) is 0 Å². The maximum atomic E-state index is 3.95. The van der Waals surface area contributed by atoms with Crippen LogP contribution in [0.15, 0.2) is 6.20 Å². The molecule has 0 atom stereocenters. The summed E-state index contributed by atoms with van der Waals surface area (Å²) >= 11 is 3.37. The predicted molar refractivity (Wildman–Crippen MR) is 51.1 cm³/mol. The Labute approximate surface area is 80.5 Å². The summed E-state index contributed by atoms with van der Waals surface area (Å²) in [7, 11) is 1.87. The van der Waals surface area contributed by atoms with Gasteiger partial charge in [0.05, 0.1) is 5.69 Å². The summed E-state index contributed by atoms with van der Waals surface area (Å²) in [6.45, 7) is 1.82. The first-order valence-electron chi connectivity index (χ1n) is 3.95. The molecule has 12 heavy (non-hydrogen) atoms. The van der Waals surface area contributed by atoms with E-state index in [1.807, 2.05) is 13.2 Å². The van der Waals surface area contributed by atoms with Crippen molar-refractivity contribution >= 4 is 15.9 Å². The number of halogens is 1. The van der Waals surface area contributed by atoms with Crippen molar-refractivity contribution in [3.63, 3.8) is 0 Å². The second kappa shape index (κ2) is 5.27. The van der Waals surface area contributed by atoms with E-state index < -0.39 is 0 Å². The molecule has 4 nitrogen and oxygen atoms in total. The lowest BCUT2D eigenvalue weighted by molar-refractivity contribution is 0.664. The molecule has 1 aromatic heterocycles. The van der Waals surface area contributed by atoms with Gasteiger partial charge in [0.1, 0.15) is 0 Å². The third-order valence-corrected chi connectivity index (χ3v) is 2.00. The van der Waals surface area contributed by atoms with Crippen LogP contribution in [-0.4, -0.2) is 26.9 Å². The lowest BCUT2D eigenvalue weighted by Gasteiger charge is -1.98. The number of aryl methyl sites for hydroxylation is 1. The first-order valence-corrected chi connectivity index (χ1v) is 5.07. The van der Waals surface area contributed by atoms with Crippen LogP contribution in [0, 0.1) is 0 Å². The van der Waals surface area contributed by atoms with Gasteiger partial charge in [-0.15, -0.1) is 5.10 Å². The second-order valence-corrected chi connectivity index (χ2v) is 3.40. The second-order valence-electron chi connectivity index (χ2n) is 2.60. The van der Waals surface area contributed by atoms with Crippen molar-refractivity contribution < 1.29 is 0 Å². The molecule has 5 heteroatoms. The molecule has 0 radical (unpaired) electrons. The Morgan fingerprint density at radius 3 is 3.08 bits per heavy atom. The van der Waals surface area contributed by atoms with Crippen LogP contribution in [0.3, 0.4) is 0 Å². The van der Waals surface area contributed by atoms with Crippen LogP contribution >= 0.6 is 15.9 Å². The number of alkyl halides is 1. The van der Waals surface area contributed by atoms with Crippen LogP contribution in [0.1, 0.15) is 12.1 Å². The predicted octanol–water partition coefficient (Wildman–Crippen LogP) is 0.690. The zero-order valence-electron chi connectivity index (χ0n) is 7.13. The van der Waals surface area contributed by atoms with Crippen LogP contribution in [-0.2, 0) is 13.6 Å². The number of nitrogens with one attached hydrogen (secondary N) is 1. The highest BCUT2D eigenvalue weighted by Gasteiger charge is 1.95. The van der Waals surface area contributed by atoms with E-state index >= 15 is 0 Å². The van der Waals surface area contributed by atoms with Gasteiger partial charge >= 0.3 is 0 Å². The van der Waals surface area contributed by atoms with Crippen molar-refractivity contribution in [2.24, 2.45) is 7.05 Å². The summed E-state index contributed by atoms with van der Waals surface area (Å²) in [5, 5.41) is 12.1. The Balaban J connectivity index is 2.15. The Kier molecular flexibility index (Phi) is 4.24. The van der Waals surface area contributed by atoms with Crippen LogP contribution in [0.2, 0.25) is 0 Å². The van der Waals surface area contributed by atoms with Crippen molar-refractivity contribution in [3.05, 3.63) is 11.9 Å². The van der Waals surface area contributed by atoms with Gasteiger partial charge in [0.25, 0.3) is 0 Å². The molecule has 1 heterocycles. The molecule has 0 spiro atoms. The number of hydrogen-bond acceptors (Lipinski definition) is 3. The number of aromatic nitrogens is 3. The molecule has 1 rings (SSSR count). The summed E-state index contributed by atoms with van der Waals surface area (Å²) in [6.07, 6.45) is 3.06. The molecule has 0 amide bonds. The summed E-state index contributed by atoms with van der Waals surface area (Å²) < 4.78 is 1.71. The molecule has 0 saturated carbocycles. The molecule has 0 aliphatic rings. The van der Waals surface area contributed by atoms with Crippen LogP contribution < -0.4 is 5.32 Å². The summed E-state index contributed by atoms with van der Waals surface area (Å²) in [5.74, 6) is 0. The normalized spacial score (nSPS) is 10.5. The van der Waals surface area contributed by atoms with Gasteiger partial charge in [-0.3, -0.25) is 4.68 Å². The molecular weight excluding hydrogens is 220 g/mol. The third-order valence-electron chi connectivity index (χ3n) is 1.44. The van der Waals surface area contributed by atoms with Crippen molar-refractivity contribution in [2.45, 2.75) is 13.0 Å². The standard InChI is InChI=1S/C7H13BrN4/c1-12-6-7(10-11-12)5-9-4-2-3-8/h6,9H,2-5H2,1H3. The number of rotatable bonds is 5. The first-order chi connectivity index (χ1) is 5.83. The average molecular weight is 233 g/mol. The minimum absolute atomic E-state index is 0.806. The minimum Gasteiger partial charge on any atom is -0.311 e. The molecule has 0 saturated heterocycles. The van der Waals surface area contributed by atoms with Crippen LogP contribution in [0.25, 0.3) is 0 Å². The fraction of sp³-hybridized carbons (Fsp3) is 0.714.